The van der Waals surface area contributed by atoms with Crippen molar-refractivity contribution in [1.29, 1.82) is 0 Å². The van der Waals surface area contributed by atoms with Crippen LogP contribution in [0, 0.1) is 5.92 Å². The molecule has 0 aliphatic carbocycles. The third-order valence-corrected chi connectivity index (χ3v) is 6.86. The number of rotatable bonds is 3. The molecule has 24 heavy (non-hydrogen) atoms. The minimum Gasteiger partial charge on any atom is -0.382 e. The Labute approximate surface area is 145 Å². The standard InChI is InChI=1S/C20H31N3O/c1-18(2,3)21-13-20(24)17-11-22-9-10-23(12-17)15-19(20,14-22)16-7-5-4-6-8-16/h4-8,17,21,24H,9-15H2,1-3H3/p+3/t17?,19?,20-/m0/s1. The first-order valence-electron chi connectivity index (χ1n) is 9.62. The third kappa shape index (κ3) is 2.51. The van der Waals surface area contributed by atoms with Crippen molar-refractivity contribution in [1.82, 2.24) is 0 Å². The molecule has 0 spiro atoms. The van der Waals surface area contributed by atoms with Gasteiger partial charge in [-0.2, -0.15) is 0 Å². The van der Waals surface area contributed by atoms with Crippen LogP contribution in [0.25, 0.3) is 0 Å². The van der Waals surface area contributed by atoms with Crippen LogP contribution < -0.4 is 15.1 Å². The molecule has 4 heterocycles. The lowest BCUT2D eigenvalue weighted by Gasteiger charge is -2.56. The second-order valence-electron chi connectivity index (χ2n) is 9.61. The van der Waals surface area contributed by atoms with Crippen LogP contribution in [0.5, 0.6) is 0 Å². The lowest BCUT2D eigenvalue weighted by atomic mass is 9.57. The Balaban J connectivity index is 1.78. The van der Waals surface area contributed by atoms with E-state index >= 15 is 0 Å². The highest BCUT2D eigenvalue weighted by molar-refractivity contribution is 5.33. The highest BCUT2D eigenvalue weighted by Crippen LogP contribution is 2.41. The Kier molecular flexibility index (Phi) is 3.81. The first-order chi connectivity index (χ1) is 11.3. The van der Waals surface area contributed by atoms with Gasteiger partial charge in [-0.3, -0.25) is 0 Å². The van der Waals surface area contributed by atoms with Crippen molar-refractivity contribution in [2.75, 3.05) is 45.8 Å². The van der Waals surface area contributed by atoms with Crippen molar-refractivity contribution >= 4 is 0 Å². The first kappa shape index (κ1) is 16.5. The summed E-state index contributed by atoms with van der Waals surface area (Å²) in [4.78, 5) is 3.41. The molecule has 1 aromatic carbocycles. The summed E-state index contributed by atoms with van der Waals surface area (Å²) >= 11 is 0. The van der Waals surface area contributed by atoms with E-state index in [-0.39, 0.29) is 11.0 Å². The van der Waals surface area contributed by atoms with Crippen molar-refractivity contribution in [3.05, 3.63) is 35.9 Å². The number of fused-ring (bicyclic) bond motifs is 1. The summed E-state index contributed by atoms with van der Waals surface area (Å²) in [5.41, 5.74) is 0.812. The summed E-state index contributed by atoms with van der Waals surface area (Å²) in [6.45, 7) is 14.6. The molecule has 1 aromatic rings. The van der Waals surface area contributed by atoms with E-state index in [4.69, 9.17) is 0 Å². The normalized spacial score (nSPS) is 41.4. The van der Waals surface area contributed by atoms with Crippen LogP contribution in [-0.2, 0) is 5.41 Å². The molecule has 4 saturated heterocycles. The van der Waals surface area contributed by atoms with Crippen LogP contribution in [0.15, 0.2) is 30.3 Å². The molecule has 0 radical (unpaired) electrons. The maximum absolute atomic E-state index is 12.1. The molecule has 4 aliphatic heterocycles. The molecule has 4 fully saturated rings. The Hall–Kier alpha value is -0.940. The van der Waals surface area contributed by atoms with E-state index in [1.54, 1.807) is 9.80 Å². The fourth-order valence-electron chi connectivity index (χ4n) is 5.63. The largest absolute Gasteiger partial charge is 0.382 e. The number of nitrogens with one attached hydrogen (secondary N) is 2. The molecule has 5 rings (SSSR count). The molecule has 0 amide bonds. The summed E-state index contributed by atoms with van der Waals surface area (Å²) in [6, 6.07) is 10.9. The zero-order valence-electron chi connectivity index (χ0n) is 15.4. The maximum Gasteiger partial charge on any atom is 0.147 e. The smallest absolute Gasteiger partial charge is 0.147 e. The van der Waals surface area contributed by atoms with Crippen LogP contribution in [0.4, 0.5) is 0 Å². The van der Waals surface area contributed by atoms with Crippen LogP contribution in [0.1, 0.15) is 26.3 Å². The molecule has 0 aromatic heterocycles. The number of quaternary nitrogens is 3. The number of nitrogens with two attached hydrogens (primary N) is 1. The van der Waals surface area contributed by atoms with Crippen molar-refractivity contribution in [3.63, 3.8) is 0 Å². The Morgan fingerprint density at radius 3 is 2.21 bits per heavy atom. The van der Waals surface area contributed by atoms with Gasteiger partial charge in [-0.1, -0.05) is 30.3 Å². The number of aliphatic hydroxyl groups is 1. The van der Waals surface area contributed by atoms with Crippen LogP contribution in [0.2, 0.25) is 0 Å². The van der Waals surface area contributed by atoms with E-state index < -0.39 is 5.60 Å². The lowest BCUT2D eigenvalue weighted by molar-refractivity contribution is -0.918. The average molecular weight is 333 g/mol. The lowest BCUT2D eigenvalue weighted by Crippen LogP contribution is -3.20. The van der Waals surface area contributed by atoms with Gasteiger partial charge in [-0.15, -0.1) is 0 Å². The van der Waals surface area contributed by atoms with E-state index in [1.807, 2.05) is 0 Å². The summed E-state index contributed by atoms with van der Waals surface area (Å²) in [5, 5.41) is 14.5. The molecule has 4 aliphatic rings. The SMILES string of the molecule is CC(C)(C)[NH2+]C[C@]1(O)C2C[NH+]3CC[NH+](C2)CC1(c1ccccc1)C3. The zero-order chi connectivity index (χ0) is 17.0. The minimum atomic E-state index is -0.598. The van der Waals surface area contributed by atoms with E-state index in [2.05, 4.69) is 56.4 Å². The molecule has 2 unspecified atom stereocenters. The van der Waals surface area contributed by atoms with Crippen molar-refractivity contribution in [2.24, 2.45) is 5.92 Å². The average Bonchev–Trinajstić information content (AvgIpc) is 2.80. The zero-order valence-corrected chi connectivity index (χ0v) is 15.4. The second-order valence-corrected chi connectivity index (χ2v) is 9.61. The molecule has 5 N–H and O–H groups in total. The van der Waals surface area contributed by atoms with E-state index in [9.17, 15) is 5.11 Å². The van der Waals surface area contributed by atoms with Gasteiger partial charge in [-0.05, 0) is 26.3 Å². The van der Waals surface area contributed by atoms with E-state index in [1.165, 1.54) is 18.7 Å². The van der Waals surface area contributed by atoms with Gasteiger partial charge in [-0.25, -0.2) is 0 Å². The Morgan fingerprint density at radius 1 is 1.08 bits per heavy atom. The van der Waals surface area contributed by atoms with Gasteiger partial charge in [0.2, 0.25) is 0 Å². The molecule has 132 valence electrons. The second kappa shape index (κ2) is 5.53. The Morgan fingerprint density at radius 2 is 1.67 bits per heavy atom. The highest BCUT2D eigenvalue weighted by atomic mass is 16.3. The minimum absolute atomic E-state index is 0.0989. The monoisotopic (exact) mass is 332 g/mol. The third-order valence-electron chi connectivity index (χ3n) is 6.86. The number of hydrogen-bond donors (Lipinski definition) is 4. The summed E-state index contributed by atoms with van der Waals surface area (Å²) < 4.78 is 0. The number of hydrogen-bond acceptors (Lipinski definition) is 1. The first-order valence-corrected chi connectivity index (χ1v) is 9.62. The predicted octanol–water partition coefficient (Wildman–Crippen LogP) is -2.56. The summed E-state index contributed by atoms with van der Waals surface area (Å²) in [5.74, 6) is 0.409. The van der Waals surface area contributed by atoms with E-state index in [0.29, 0.717) is 5.92 Å². The van der Waals surface area contributed by atoms with Gasteiger partial charge >= 0.3 is 0 Å². The van der Waals surface area contributed by atoms with Crippen molar-refractivity contribution in [3.8, 4) is 0 Å². The fourth-order valence-corrected chi connectivity index (χ4v) is 5.63. The van der Waals surface area contributed by atoms with Crippen molar-refractivity contribution < 1.29 is 20.2 Å². The fraction of sp³-hybridized carbons (Fsp3) is 0.700. The van der Waals surface area contributed by atoms with Gasteiger partial charge < -0.3 is 20.2 Å². The highest BCUT2D eigenvalue weighted by Gasteiger charge is 2.69. The molecule has 4 nitrogen and oxygen atoms in total. The molecule has 4 heteroatoms. The topological polar surface area (TPSA) is 45.7 Å². The van der Waals surface area contributed by atoms with Gasteiger partial charge in [0.1, 0.15) is 30.7 Å². The predicted molar refractivity (Wildman–Crippen MR) is 94.2 cm³/mol. The van der Waals surface area contributed by atoms with E-state index in [0.717, 1.165) is 32.7 Å². The van der Waals surface area contributed by atoms with Crippen molar-refractivity contribution in [2.45, 2.75) is 37.3 Å². The Bertz CT molecular complexity index is 581. The van der Waals surface area contributed by atoms with Crippen LogP contribution >= 0.6 is 0 Å². The molecule has 4 bridgehead atoms. The van der Waals surface area contributed by atoms with Crippen LogP contribution in [0.3, 0.4) is 0 Å². The molecule has 0 saturated carbocycles. The van der Waals surface area contributed by atoms with Gasteiger partial charge in [0.15, 0.2) is 0 Å². The molecular formula is C20H34N3O+3. The molecular weight excluding hydrogens is 298 g/mol. The summed E-state index contributed by atoms with van der Waals surface area (Å²) in [7, 11) is 0. The van der Waals surface area contributed by atoms with Gasteiger partial charge in [0.05, 0.1) is 37.6 Å². The number of piperidine rings is 2. The molecule has 3 atom stereocenters. The quantitative estimate of drug-likeness (QED) is 0.484. The van der Waals surface area contributed by atoms with Gasteiger partial charge in [0, 0.05) is 0 Å². The summed E-state index contributed by atoms with van der Waals surface area (Å²) in [6.07, 6.45) is 0. The maximum atomic E-state index is 12.1. The van der Waals surface area contributed by atoms with Crippen LogP contribution in [-0.4, -0.2) is 62.1 Å². The van der Waals surface area contributed by atoms with Gasteiger partial charge in [0.25, 0.3) is 0 Å². The number of benzene rings is 1.